The second kappa shape index (κ2) is 15.4. The third-order valence-electron chi connectivity index (χ3n) is 8.38. The lowest BCUT2D eigenvalue weighted by atomic mass is 9.41. The number of benzene rings is 4. The maximum absolute atomic E-state index is 5.44. The van der Waals surface area contributed by atoms with Gasteiger partial charge in [0, 0.05) is 23.7 Å². The van der Waals surface area contributed by atoms with Crippen LogP contribution in [0.2, 0.25) is 6.04 Å². The molecule has 0 bridgehead atoms. The van der Waals surface area contributed by atoms with Crippen LogP contribution in [0.3, 0.4) is 0 Å². The summed E-state index contributed by atoms with van der Waals surface area (Å²) in [5, 5.41) is 1.24. The van der Waals surface area contributed by atoms with Gasteiger partial charge in [-0.25, -0.2) is 4.98 Å². The number of allylic oxidation sites excluding steroid dienone is 4. The monoisotopic (exact) mass is 606 g/mol. The number of imidazole rings is 1. The van der Waals surface area contributed by atoms with Gasteiger partial charge in [0.1, 0.15) is 8.80 Å². The van der Waals surface area contributed by atoms with Crippen molar-refractivity contribution in [2.24, 2.45) is 0 Å². The number of nitrogens with zero attached hydrogens (tertiary/aromatic N) is 2. The Hall–Kier alpha value is -4.32. The zero-order chi connectivity index (χ0) is 30.6. The van der Waals surface area contributed by atoms with E-state index in [-0.39, 0.29) is 5.16 Å². The van der Waals surface area contributed by atoms with Crippen molar-refractivity contribution >= 4 is 43.5 Å². The van der Waals surface area contributed by atoms with Crippen LogP contribution >= 0.6 is 12.2 Å². The van der Waals surface area contributed by atoms with Gasteiger partial charge in [-0.15, -0.1) is 12.6 Å². The highest BCUT2D eigenvalue weighted by atomic mass is 32.1. The maximum Gasteiger partial charge on any atom is 0.233 e. The van der Waals surface area contributed by atoms with Gasteiger partial charge in [-0.2, -0.15) is 0 Å². The molecule has 4 aromatic carbocycles. The molecule has 1 aliphatic carbocycles. The second-order valence-corrected chi connectivity index (χ2v) is 14.8. The lowest BCUT2D eigenvalue weighted by molar-refractivity contribution is 0.580. The summed E-state index contributed by atoms with van der Waals surface area (Å²) in [6.45, 7) is 6.51. The first-order valence-electron chi connectivity index (χ1n) is 15.4. The number of hydrogen-bond donors (Lipinski definition) is 0. The summed E-state index contributed by atoms with van der Waals surface area (Å²) < 4.78 is 2.35. The molecule has 0 radical (unpaired) electrons. The molecule has 44 heavy (non-hydrogen) atoms. The predicted octanol–water partition coefficient (Wildman–Crippen LogP) is 7.67. The molecule has 218 valence electrons. The number of thiocarbonyl (C=S) groups is 1. The second-order valence-electron chi connectivity index (χ2n) is 11.1. The molecule has 5 aromatic rings. The van der Waals surface area contributed by atoms with E-state index in [9.17, 15) is 0 Å². The topological polar surface area (TPSA) is 17.8 Å². The van der Waals surface area contributed by atoms with Gasteiger partial charge in [-0.3, -0.25) is 0 Å². The van der Waals surface area contributed by atoms with E-state index in [1.165, 1.54) is 33.3 Å². The van der Waals surface area contributed by atoms with Gasteiger partial charge in [0.05, 0.1) is 11.5 Å². The third kappa shape index (κ3) is 6.91. The molecule has 1 heterocycles. The molecule has 2 nitrogen and oxygen atoms in total. The van der Waals surface area contributed by atoms with E-state index in [1.807, 2.05) is 30.6 Å². The lowest BCUT2D eigenvalue weighted by Crippen LogP contribution is -2.51. The highest BCUT2D eigenvalue weighted by Gasteiger charge is 2.45. The first kappa shape index (κ1) is 31.1. The van der Waals surface area contributed by atoms with Crippen molar-refractivity contribution in [3.8, 4) is 0 Å². The molecular weight excluding hydrogens is 567 g/mol. The van der Waals surface area contributed by atoms with Crippen molar-refractivity contribution in [1.82, 2.24) is 9.55 Å². The van der Waals surface area contributed by atoms with Gasteiger partial charge in [-0.05, 0) is 17.2 Å². The summed E-state index contributed by atoms with van der Waals surface area (Å²) in [5.41, 5.74) is 5.24. The first-order valence-corrected chi connectivity index (χ1v) is 17.8. The Morgan fingerprint density at radius 2 is 1.34 bits per heavy atom. The summed E-state index contributed by atoms with van der Waals surface area (Å²) >= 11 is 5.44. The van der Waals surface area contributed by atoms with Crippen LogP contribution in [0.4, 0.5) is 0 Å². The molecule has 0 aliphatic heterocycles. The van der Waals surface area contributed by atoms with E-state index in [4.69, 9.17) is 12.2 Å². The van der Waals surface area contributed by atoms with Crippen molar-refractivity contribution in [3.63, 3.8) is 0 Å². The summed E-state index contributed by atoms with van der Waals surface area (Å²) in [4.78, 5) is 5.48. The zero-order valence-corrected chi connectivity index (χ0v) is 27.3. The van der Waals surface area contributed by atoms with Crippen molar-refractivity contribution in [2.45, 2.75) is 31.0 Å². The van der Waals surface area contributed by atoms with E-state index >= 15 is 0 Å². The molecule has 0 fully saturated rings. The van der Waals surface area contributed by atoms with Crippen LogP contribution in [0.15, 0.2) is 176 Å². The standard InChI is InChI=1S/C25H26N2SSi.C14H13B/c1-2-19-29(24-15-13-23(28)14-16-24)25(27-18-17-26-20-27,21-9-5-3-6-10-21)22-11-7-4-8-12-22;1-2-15(13-9-5-3-6-10-13)14-11-7-4-8-12-14/h3-13,15-18,20,29H,2,14,19H2,1H3;2-12H,1H2. The largest absolute Gasteiger partial charge is 0.326 e. The van der Waals surface area contributed by atoms with Crippen LogP contribution in [0.5, 0.6) is 0 Å². The van der Waals surface area contributed by atoms with Crippen molar-refractivity contribution in [3.05, 3.63) is 187 Å². The van der Waals surface area contributed by atoms with Crippen LogP contribution in [0, 0.1) is 0 Å². The van der Waals surface area contributed by atoms with Gasteiger partial charge in [0.15, 0.2) is 0 Å². The Labute approximate surface area is 270 Å². The predicted molar refractivity (Wildman–Crippen MR) is 196 cm³/mol. The van der Waals surface area contributed by atoms with Crippen LogP contribution in [-0.4, -0.2) is 29.9 Å². The molecular formula is C39H39BN2SSi. The molecule has 0 saturated heterocycles. The zero-order valence-electron chi connectivity index (χ0n) is 25.4. The fourth-order valence-electron chi connectivity index (χ4n) is 6.39. The highest BCUT2D eigenvalue weighted by Crippen LogP contribution is 2.41. The van der Waals surface area contributed by atoms with Gasteiger partial charge in [0.2, 0.25) is 6.71 Å². The Morgan fingerprint density at radius 3 is 1.75 bits per heavy atom. The smallest absolute Gasteiger partial charge is 0.233 e. The molecule has 1 unspecified atom stereocenters. The minimum absolute atomic E-state index is 0.246. The number of aromatic nitrogens is 2. The molecule has 1 aromatic heterocycles. The average Bonchev–Trinajstić information content (AvgIpc) is 3.63. The van der Waals surface area contributed by atoms with Gasteiger partial charge < -0.3 is 4.57 Å². The Bertz CT molecular complexity index is 1590. The lowest BCUT2D eigenvalue weighted by Gasteiger charge is -2.43. The van der Waals surface area contributed by atoms with E-state index in [0.717, 1.165) is 17.7 Å². The molecule has 1 atom stereocenters. The quantitative estimate of drug-likeness (QED) is 0.120. The van der Waals surface area contributed by atoms with Crippen LogP contribution in [0.25, 0.3) is 0 Å². The molecule has 5 heteroatoms. The molecule has 0 saturated carbocycles. The van der Waals surface area contributed by atoms with Crippen molar-refractivity contribution in [2.75, 3.05) is 0 Å². The van der Waals surface area contributed by atoms with Crippen LogP contribution in [-0.2, 0) is 5.16 Å². The highest BCUT2D eigenvalue weighted by molar-refractivity contribution is 7.80. The molecule has 0 N–H and O–H groups in total. The van der Waals surface area contributed by atoms with E-state index < -0.39 is 8.80 Å². The third-order valence-corrected chi connectivity index (χ3v) is 13.0. The summed E-state index contributed by atoms with van der Waals surface area (Å²) in [7, 11) is -1.60. The minimum atomic E-state index is -1.60. The normalized spacial score (nSPS) is 13.3. The Kier molecular flexibility index (Phi) is 10.9. The van der Waals surface area contributed by atoms with Gasteiger partial charge in [0.25, 0.3) is 0 Å². The summed E-state index contributed by atoms with van der Waals surface area (Å²) in [6, 6.07) is 44.0. The Balaban J connectivity index is 0.000000215. The van der Waals surface area contributed by atoms with Crippen molar-refractivity contribution in [1.29, 1.82) is 0 Å². The fraction of sp³-hybridized carbons (Fsp3) is 0.128. The average molecular weight is 607 g/mol. The van der Waals surface area contributed by atoms with E-state index in [2.05, 4.69) is 157 Å². The van der Waals surface area contributed by atoms with Crippen molar-refractivity contribution < 1.29 is 0 Å². The molecule has 0 spiro atoms. The van der Waals surface area contributed by atoms with Crippen LogP contribution < -0.4 is 10.9 Å². The molecule has 6 rings (SSSR count). The van der Waals surface area contributed by atoms with Crippen LogP contribution in [0.1, 0.15) is 30.9 Å². The minimum Gasteiger partial charge on any atom is -0.326 e. The fourth-order valence-corrected chi connectivity index (χ4v) is 10.8. The molecule has 0 amide bonds. The maximum atomic E-state index is 5.44. The van der Waals surface area contributed by atoms with Gasteiger partial charge in [-0.1, -0.05) is 181 Å². The first-order chi connectivity index (χ1) is 21.7. The summed E-state index contributed by atoms with van der Waals surface area (Å²) in [6.07, 6.45) is 14.9. The molecule has 1 aliphatic rings. The number of rotatable bonds is 10. The number of hydrogen-bond acceptors (Lipinski definition) is 2. The Morgan fingerprint density at radius 1 is 0.818 bits per heavy atom. The van der Waals surface area contributed by atoms with E-state index in [0.29, 0.717) is 6.71 Å². The summed E-state index contributed by atoms with van der Waals surface area (Å²) in [5.74, 6) is 1.99. The van der Waals surface area contributed by atoms with Gasteiger partial charge >= 0.3 is 0 Å². The van der Waals surface area contributed by atoms with E-state index in [1.54, 1.807) is 0 Å². The SMILES string of the molecule is C=CB(c1ccccc1)c1ccccc1.CCC[SiH](C1=CCC(=S)C=C1)C(c1ccccc1)(c1ccccc1)n1ccnc1.